The van der Waals surface area contributed by atoms with E-state index in [2.05, 4.69) is 33.7 Å². The number of hydrogen-bond acceptors (Lipinski definition) is 4. The van der Waals surface area contributed by atoms with Crippen molar-refractivity contribution in [1.29, 1.82) is 0 Å². The van der Waals surface area contributed by atoms with Gasteiger partial charge in [0.25, 0.3) is 5.56 Å². The summed E-state index contributed by atoms with van der Waals surface area (Å²) >= 11 is 0. The third kappa shape index (κ3) is 1.85. The lowest BCUT2D eigenvalue weighted by Gasteiger charge is -2.18. The van der Waals surface area contributed by atoms with E-state index in [1.54, 1.807) is 0 Å². The van der Waals surface area contributed by atoms with Gasteiger partial charge in [0, 0.05) is 20.1 Å². The van der Waals surface area contributed by atoms with Crippen LogP contribution >= 0.6 is 0 Å². The van der Waals surface area contributed by atoms with Gasteiger partial charge in [0.15, 0.2) is 11.2 Å². The average molecular weight is 263 g/mol. The standard InChI is InChI=1S/C12H17N5O2/c1-12(2)4-5-17(6-12)10-13-7-8(14-10)15-11(19)16(3)9(7)18/h4-6H2,1-3H3,(H,13,14)(H,15,19). The van der Waals surface area contributed by atoms with Crippen LogP contribution in [-0.4, -0.2) is 32.6 Å². The lowest BCUT2D eigenvalue weighted by molar-refractivity contribution is 0.418. The fraction of sp³-hybridized carbons (Fsp3) is 0.583. The highest BCUT2D eigenvalue weighted by molar-refractivity contribution is 5.72. The van der Waals surface area contributed by atoms with E-state index in [0.717, 1.165) is 24.1 Å². The van der Waals surface area contributed by atoms with Gasteiger partial charge in [-0.1, -0.05) is 13.8 Å². The van der Waals surface area contributed by atoms with Crippen LogP contribution in [0.2, 0.25) is 0 Å². The van der Waals surface area contributed by atoms with Crippen molar-refractivity contribution in [3.63, 3.8) is 0 Å². The first kappa shape index (κ1) is 12.0. The van der Waals surface area contributed by atoms with Gasteiger partial charge in [-0.3, -0.25) is 14.3 Å². The van der Waals surface area contributed by atoms with Gasteiger partial charge in [-0.2, -0.15) is 4.98 Å². The minimum absolute atomic E-state index is 0.247. The number of fused-ring (bicyclic) bond motifs is 1. The zero-order valence-electron chi connectivity index (χ0n) is 11.3. The molecular formula is C12H17N5O2. The second-order valence-corrected chi connectivity index (χ2v) is 5.91. The Morgan fingerprint density at radius 1 is 1.26 bits per heavy atom. The van der Waals surface area contributed by atoms with Crippen LogP contribution < -0.4 is 16.1 Å². The summed E-state index contributed by atoms with van der Waals surface area (Å²) in [5, 5.41) is 0. The maximum Gasteiger partial charge on any atom is 0.329 e. The van der Waals surface area contributed by atoms with Crippen LogP contribution in [0.5, 0.6) is 0 Å². The van der Waals surface area contributed by atoms with E-state index in [0.29, 0.717) is 17.1 Å². The Morgan fingerprint density at radius 3 is 2.63 bits per heavy atom. The summed E-state index contributed by atoms with van der Waals surface area (Å²) in [5.41, 5.74) is 0.125. The number of rotatable bonds is 1. The molecule has 0 atom stereocenters. The van der Waals surface area contributed by atoms with Crippen LogP contribution in [0.25, 0.3) is 11.2 Å². The van der Waals surface area contributed by atoms with Crippen LogP contribution in [0.1, 0.15) is 20.3 Å². The molecule has 0 amide bonds. The monoisotopic (exact) mass is 263 g/mol. The Morgan fingerprint density at radius 2 is 2.00 bits per heavy atom. The second-order valence-electron chi connectivity index (χ2n) is 5.91. The zero-order valence-corrected chi connectivity index (χ0v) is 11.3. The molecule has 0 radical (unpaired) electrons. The Labute approximate surface area is 109 Å². The minimum atomic E-state index is -0.447. The lowest BCUT2D eigenvalue weighted by atomic mass is 9.93. The minimum Gasteiger partial charge on any atom is -0.342 e. The zero-order chi connectivity index (χ0) is 13.8. The van der Waals surface area contributed by atoms with Crippen molar-refractivity contribution in [3.8, 4) is 0 Å². The molecule has 0 saturated carbocycles. The van der Waals surface area contributed by atoms with Gasteiger partial charge in [-0.25, -0.2) is 4.79 Å². The van der Waals surface area contributed by atoms with Crippen LogP contribution in [-0.2, 0) is 7.05 Å². The summed E-state index contributed by atoms with van der Waals surface area (Å²) in [7, 11) is 1.44. The van der Waals surface area contributed by atoms with Gasteiger partial charge in [0.1, 0.15) is 0 Å². The molecule has 2 aromatic heterocycles. The Balaban J connectivity index is 2.11. The molecular weight excluding hydrogens is 246 g/mol. The van der Waals surface area contributed by atoms with Crippen molar-refractivity contribution >= 4 is 17.1 Å². The van der Waals surface area contributed by atoms with E-state index in [1.807, 2.05) is 0 Å². The lowest BCUT2D eigenvalue weighted by Crippen LogP contribution is -2.32. The number of nitrogens with one attached hydrogen (secondary N) is 2. The van der Waals surface area contributed by atoms with Crippen molar-refractivity contribution in [2.75, 3.05) is 18.0 Å². The van der Waals surface area contributed by atoms with Crippen molar-refractivity contribution in [3.05, 3.63) is 20.8 Å². The molecule has 0 aliphatic carbocycles. The summed E-state index contributed by atoms with van der Waals surface area (Å²) in [6.45, 7) is 6.20. The summed E-state index contributed by atoms with van der Waals surface area (Å²) in [4.78, 5) is 35.5. The number of H-pyrrole nitrogens is 2. The van der Waals surface area contributed by atoms with Crippen molar-refractivity contribution in [1.82, 2.24) is 19.5 Å². The molecule has 0 spiro atoms. The third-order valence-electron chi connectivity index (χ3n) is 3.72. The number of aromatic nitrogens is 4. The highest BCUT2D eigenvalue weighted by Gasteiger charge is 2.31. The maximum absolute atomic E-state index is 12.0. The molecule has 7 heteroatoms. The van der Waals surface area contributed by atoms with Crippen molar-refractivity contribution < 1.29 is 0 Å². The van der Waals surface area contributed by atoms with E-state index in [9.17, 15) is 9.59 Å². The number of imidazole rings is 1. The fourth-order valence-corrected chi connectivity index (χ4v) is 2.49. The Bertz CT molecular complexity index is 752. The SMILES string of the molecule is Cn1c(=O)[nH]c2nc(N3CCC(C)(C)C3)[nH]c2c1=O. The molecule has 3 rings (SSSR count). The van der Waals surface area contributed by atoms with Gasteiger partial charge in [-0.05, 0) is 11.8 Å². The van der Waals surface area contributed by atoms with E-state index >= 15 is 0 Å². The number of anilines is 1. The van der Waals surface area contributed by atoms with Gasteiger partial charge in [0.2, 0.25) is 5.95 Å². The first-order chi connectivity index (χ1) is 8.87. The number of nitrogens with zero attached hydrogens (tertiary/aromatic N) is 3. The first-order valence-corrected chi connectivity index (χ1v) is 6.31. The highest BCUT2D eigenvalue weighted by atomic mass is 16.2. The smallest absolute Gasteiger partial charge is 0.329 e. The van der Waals surface area contributed by atoms with Gasteiger partial charge in [-0.15, -0.1) is 0 Å². The van der Waals surface area contributed by atoms with Crippen molar-refractivity contribution in [2.45, 2.75) is 20.3 Å². The number of hydrogen-bond donors (Lipinski definition) is 2. The summed E-state index contributed by atoms with van der Waals surface area (Å²) in [6, 6.07) is 0. The number of aromatic amines is 2. The van der Waals surface area contributed by atoms with Crippen LogP contribution in [0, 0.1) is 5.41 Å². The van der Waals surface area contributed by atoms with Crippen molar-refractivity contribution in [2.24, 2.45) is 12.5 Å². The molecule has 0 aromatic carbocycles. The van der Waals surface area contributed by atoms with E-state index in [1.165, 1.54) is 7.05 Å². The third-order valence-corrected chi connectivity index (χ3v) is 3.72. The molecule has 2 N–H and O–H groups in total. The molecule has 1 aliphatic rings. The summed E-state index contributed by atoms with van der Waals surface area (Å²) < 4.78 is 1.04. The molecule has 102 valence electrons. The van der Waals surface area contributed by atoms with Crippen LogP contribution in [0.15, 0.2) is 9.59 Å². The largest absolute Gasteiger partial charge is 0.342 e. The predicted octanol–water partition coefficient (Wildman–Crippen LogP) is 0.186. The van der Waals surface area contributed by atoms with E-state index < -0.39 is 5.69 Å². The average Bonchev–Trinajstić information content (AvgIpc) is 2.89. The van der Waals surface area contributed by atoms with Crippen LogP contribution in [0.3, 0.4) is 0 Å². The summed E-state index contributed by atoms with van der Waals surface area (Å²) in [5.74, 6) is 0.652. The molecule has 1 saturated heterocycles. The van der Waals surface area contributed by atoms with Crippen LogP contribution in [0.4, 0.5) is 5.95 Å². The molecule has 0 bridgehead atoms. The van der Waals surface area contributed by atoms with Gasteiger partial charge < -0.3 is 9.88 Å². The fourth-order valence-electron chi connectivity index (χ4n) is 2.49. The van der Waals surface area contributed by atoms with E-state index in [4.69, 9.17) is 0 Å². The Kier molecular flexibility index (Phi) is 2.35. The first-order valence-electron chi connectivity index (χ1n) is 6.31. The normalized spacial score (nSPS) is 18.4. The topological polar surface area (TPSA) is 86.8 Å². The van der Waals surface area contributed by atoms with Gasteiger partial charge in [0.05, 0.1) is 0 Å². The Hall–Kier alpha value is -2.05. The molecule has 1 aliphatic heterocycles. The quantitative estimate of drug-likeness (QED) is 0.768. The molecule has 0 unspecified atom stereocenters. The highest BCUT2D eigenvalue weighted by Crippen LogP contribution is 2.31. The maximum atomic E-state index is 12.0. The molecule has 2 aromatic rings. The second kappa shape index (κ2) is 3.72. The molecule has 3 heterocycles. The van der Waals surface area contributed by atoms with Gasteiger partial charge >= 0.3 is 5.69 Å². The molecule has 19 heavy (non-hydrogen) atoms. The summed E-state index contributed by atoms with van der Waals surface area (Å²) in [6.07, 6.45) is 1.08. The van der Waals surface area contributed by atoms with E-state index in [-0.39, 0.29) is 11.0 Å². The molecule has 1 fully saturated rings. The molecule has 7 nitrogen and oxygen atoms in total. The predicted molar refractivity (Wildman–Crippen MR) is 72.6 cm³/mol.